The molecular formula is C14H21NO2. The molecule has 1 N–H and O–H groups in total. The molecule has 0 spiro atoms. The lowest BCUT2D eigenvalue weighted by molar-refractivity contribution is 0.0669. The van der Waals surface area contributed by atoms with Gasteiger partial charge in [-0.15, -0.1) is 0 Å². The molecule has 0 aromatic heterocycles. The molecule has 0 aliphatic carbocycles. The van der Waals surface area contributed by atoms with E-state index in [2.05, 4.69) is 18.7 Å². The number of hydrogen-bond donors (Lipinski definition) is 1. The van der Waals surface area contributed by atoms with Gasteiger partial charge in [0.05, 0.1) is 5.54 Å². The Kier molecular flexibility index (Phi) is 4.29. The Bertz CT molecular complexity index is 378. The molecule has 1 aromatic rings. The summed E-state index contributed by atoms with van der Waals surface area (Å²) in [7, 11) is 0. The maximum atomic E-state index is 12.4. The molecule has 17 heavy (non-hydrogen) atoms. The number of carbonyl (C=O) groups is 1. The number of benzene rings is 1. The normalized spacial score (nSPS) is 11.8. The highest BCUT2D eigenvalue weighted by Gasteiger charge is 2.33. The lowest BCUT2D eigenvalue weighted by Crippen LogP contribution is -2.49. The Morgan fingerprint density at radius 2 is 1.65 bits per heavy atom. The predicted molar refractivity (Wildman–Crippen MR) is 69.4 cm³/mol. The first-order valence-electron chi connectivity index (χ1n) is 6.02. The molecular weight excluding hydrogens is 214 g/mol. The number of aromatic hydroxyl groups is 1. The monoisotopic (exact) mass is 235 g/mol. The van der Waals surface area contributed by atoms with Crippen LogP contribution in [-0.4, -0.2) is 34.4 Å². The Hall–Kier alpha value is -1.35. The van der Waals surface area contributed by atoms with Gasteiger partial charge in [0.15, 0.2) is 5.78 Å². The smallest absolute Gasteiger partial charge is 0.182 e. The molecule has 0 saturated carbocycles. The molecule has 94 valence electrons. The molecule has 0 atom stereocenters. The summed E-state index contributed by atoms with van der Waals surface area (Å²) in [6.07, 6.45) is 0. The number of phenols is 1. The fourth-order valence-corrected chi connectivity index (χ4v) is 2.12. The van der Waals surface area contributed by atoms with E-state index in [1.807, 2.05) is 13.8 Å². The van der Waals surface area contributed by atoms with Crippen LogP contribution >= 0.6 is 0 Å². The number of rotatable bonds is 5. The summed E-state index contributed by atoms with van der Waals surface area (Å²) in [5.41, 5.74) is 0.125. The third-order valence-corrected chi connectivity index (χ3v) is 3.24. The third-order valence-electron chi connectivity index (χ3n) is 3.24. The Morgan fingerprint density at radius 3 is 2.06 bits per heavy atom. The average molecular weight is 235 g/mol. The first-order valence-corrected chi connectivity index (χ1v) is 6.02. The van der Waals surface area contributed by atoms with Crippen LogP contribution < -0.4 is 0 Å². The van der Waals surface area contributed by atoms with E-state index in [0.717, 1.165) is 13.1 Å². The van der Waals surface area contributed by atoms with Gasteiger partial charge in [0.2, 0.25) is 0 Å². The molecule has 1 aromatic carbocycles. The summed E-state index contributed by atoms with van der Waals surface area (Å²) in [5, 5.41) is 9.22. The average Bonchev–Trinajstić information content (AvgIpc) is 2.30. The second-order valence-corrected chi connectivity index (χ2v) is 4.61. The van der Waals surface area contributed by atoms with E-state index in [-0.39, 0.29) is 11.5 Å². The van der Waals surface area contributed by atoms with Gasteiger partial charge in [0.1, 0.15) is 5.75 Å². The quantitative estimate of drug-likeness (QED) is 0.798. The lowest BCUT2D eigenvalue weighted by Gasteiger charge is -2.35. The second kappa shape index (κ2) is 5.32. The van der Waals surface area contributed by atoms with Crippen molar-refractivity contribution >= 4 is 5.78 Å². The van der Waals surface area contributed by atoms with Crippen molar-refractivity contribution < 1.29 is 9.90 Å². The standard InChI is InChI=1S/C14H21NO2/c1-5-15(6-2)14(3,4)13(17)11-7-9-12(16)10-8-11/h7-10,16H,5-6H2,1-4H3. The minimum Gasteiger partial charge on any atom is -0.508 e. The van der Waals surface area contributed by atoms with Gasteiger partial charge in [-0.05, 0) is 51.2 Å². The van der Waals surface area contributed by atoms with E-state index in [1.54, 1.807) is 24.3 Å². The molecule has 0 bridgehead atoms. The van der Waals surface area contributed by atoms with Crippen molar-refractivity contribution in [1.29, 1.82) is 0 Å². The van der Waals surface area contributed by atoms with E-state index >= 15 is 0 Å². The number of nitrogens with zero attached hydrogens (tertiary/aromatic N) is 1. The van der Waals surface area contributed by atoms with Crippen LogP contribution in [0.3, 0.4) is 0 Å². The van der Waals surface area contributed by atoms with Crippen LogP contribution in [0.25, 0.3) is 0 Å². The van der Waals surface area contributed by atoms with Crippen LogP contribution in [0.4, 0.5) is 0 Å². The van der Waals surface area contributed by atoms with Gasteiger partial charge in [-0.2, -0.15) is 0 Å². The van der Waals surface area contributed by atoms with E-state index in [0.29, 0.717) is 5.56 Å². The highest BCUT2D eigenvalue weighted by Crippen LogP contribution is 2.21. The minimum absolute atomic E-state index is 0.0844. The van der Waals surface area contributed by atoms with Crippen molar-refractivity contribution in [2.75, 3.05) is 13.1 Å². The van der Waals surface area contributed by atoms with Crippen LogP contribution in [0.2, 0.25) is 0 Å². The zero-order valence-corrected chi connectivity index (χ0v) is 11.0. The van der Waals surface area contributed by atoms with Crippen molar-refractivity contribution in [3.05, 3.63) is 29.8 Å². The molecule has 0 fully saturated rings. The summed E-state index contributed by atoms with van der Waals surface area (Å²) in [6.45, 7) is 9.66. The second-order valence-electron chi connectivity index (χ2n) is 4.61. The SMILES string of the molecule is CCN(CC)C(C)(C)C(=O)c1ccc(O)cc1. The fraction of sp³-hybridized carbons (Fsp3) is 0.500. The summed E-state index contributed by atoms with van der Waals surface area (Å²) >= 11 is 0. The minimum atomic E-state index is -0.513. The van der Waals surface area contributed by atoms with Crippen LogP contribution in [0.15, 0.2) is 24.3 Å². The molecule has 0 heterocycles. The molecule has 0 aliphatic rings. The van der Waals surface area contributed by atoms with Gasteiger partial charge < -0.3 is 5.11 Å². The van der Waals surface area contributed by atoms with E-state index in [9.17, 15) is 9.90 Å². The topological polar surface area (TPSA) is 40.5 Å². The number of Topliss-reactive ketones (excluding diaryl/α,β-unsaturated/α-hetero) is 1. The molecule has 0 amide bonds. The van der Waals surface area contributed by atoms with E-state index in [1.165, 1.54) is 0 Å². The highest BCUT2D eigenvalue weighted by atomic mass is 16.3. The predicted octanol–water partition coefficient (Wildman–Crippen LogP) is 2.70. The molecule has 0 saturated heterocycles. The summed E-state index contributed by atoms with van der Waals surface area (Å²) < 4.78 is 0. The summed E-state index contributed by atoms with van der Waals surface area (Å²) in [6, 6.07) is 6.43. The van der Waals surface area contributed by atoms with Crippen molar-refractivity contribution in [1.82, 2.24) is 4.90 Å². The first kappa shape index (κ1) is 13.7. The molecule has 0 radical (unpaired) electrons. The number of ketones is 1. The van der Waals surface area contributed by atoms with Crippen molar-refractivity contribution in [3.63, 3.8) is 0 Å². The van der Waals surface area contributed by atoms with Gasteiger partial charge in [0.25, 0.3) is 0 Å². The van der Waals surface area contributed by atoms with Crippen LogP contribution in [-0.2, 0) is 0 Å². The van der Waals surface area contributed by atoms with E-state index in [4.69, 9.17) is 0 Å². The number of hydrogen-bond acceptors (Lipinski definition) is 3. The van der Waals surface area contributed by atoms with E-state index < -0.39 is 5.54 Å². The largest absolute Gasteiger partial charge is 0.508 e. The zero-order chi connectivity index (χ0) is 13.1. The summed E-state index contributed by atoms with van der Waals surface area (Å²) in [4.78, 5) is 14.5. The van der Waals surface area contributed by atoms with Gasteiger partial charge >= 0.3 is 0 Å². The Balaban J connectivity index is 2.99. The number of phenolic OH excluding ortho intramolecular Hbond substituents is 1. The van der Waals surface area contributed by atoms with Crippen LogP contribution in [0.1, 0.15) is 38.1 Å². The summed E-state index contributed by atoms with van der Waals surface area (Å²) in [5.74, 6) is 0.267. The fourth-order valence-electron chi connectivity index (χ4n) is 2.12. The molecule has 0 unspecified atom stereocenters. The molecule has 3 nitrogen and oxygen atoms in total. The van der Waals surface area contributed by atoms with Gasteiger partial charge in [-0.25, -0.2) is 0 Å². The zero-order valence-electron chi connectivity index (χ0n) is 11.0. The molecule has 3 heteroatoms. The Labute approximate surface area is 103 Å². The van der Waals surface area contributed by atoms with Crippen LogP contribution in [0, 0.1) is 0 Å². The van der Waals surface area contributed by atoms with Crippen molar-refractivity contribution in [3.8, 4) is 5.75 Å². The number of likely N-dealkylation sites (N-methyl/N-ethyl adjacent to an activating group) is 1. The van der Waals surface area contributed by atoms with Gasteiger partial charge in [-0.3, -0.25) is 9.69 Å². The maximum absolute atomic E-state index is 12.4. The molecule has 1 rings (SSSR count). The van der Waals surface area contributed by atoms with Gasteiger partial charge in [0, 0.05) is 5.56 Å². The third kappa shape index (κ3) is 2.86. The van der Waals surface area contributed by atoms with Gasteiger partial charge in [-0.1, -0.05) is 13.8 Å². The lowest BCUT2D eigenvalue weighted by atomic mass is 9.91. The first-order chi connectivity index (χ1) is 7.93. The Morgan fingerprint density at radius 1 is 1.18 bits per heavy atom. The van der Waals surface area contributed by atoms with Crippen molar-refractivity contribution in [2.45, 2.75) is 33.2 Å². The van der Waals surface area contributed by atoms with Crippen LogP contribution in [0.5, 0.6) is 5.75 Å². The number of carbonyl (C=O) groups excluding carboxylic acids is 1. The van der Waals surface area contributed by atoms with Crippen molar-refractivity contribution in [2.24, 2.45) is 0 Å². The highest BCUT2D eigenvalue weighted by molar-refractivity contribution is 6.02. The molecule has 0 aliphatic heterocycles. The maximum Gasteiger partial charge on any atom is 0.182 e.